The average molecular weight is 216 g/mol. The van der Waals surface area contributed by atoms with Crippen LogP contribution in [0.25, 0.3) is 0 Å². The Bertz CT molecular complexity index is 192. The highest BCUT2D eigenvalue weighted by Gasteiger charge is 2.71. The van der Waals surface area contributed by atoms with Crippen molar-refractivity contribution in [2.45, 2.75) is 51.6 Å². The molecule has 2 nitrogen and oxygen atoms in total. The molecule has 0 radical (unpaired) electrons. The summed E-state index contributed by atoms with van der Waals surface area (Å²) in [5.74, 6) is 0. The first-order chi connectivity index (χ1) is 6.70. The summed E-state index contributed by atoms with van der Waals surface area (Å²) in [6, 6.07) is 0. The number of hydrogen-bond acceptors (Lipinski definition) is 2. The minimum Gasteiger partial charge on any atom is -0.334 e. The molecule has 0 amide bonds. The molecule has 3 aliphatic rings. The molecule has 0 unspecified atom stereocenters. The Morgan fingerprint density at radius 3 is 1.86 bits per heavy atom. The van der Waals surface area contributed by atoms with Crippen molar-refractivity contribution in [2.24, 2.45) is 5.41 Å². The van der Waals surface area contributed by atoms with Gasteiger partial charge in [-0.3, -0.25) is 0 Å². The molecule has 0 heterocycles. The highest BCUT2D eigenvalue weighted by molar-refractivity contribution is 7.49. The molecule has 0 aromatic carbocycles. The maximum absolute atomic E-state index is 5.76. The van der Waals surface area contributed by atoms with Crippen LogP contribution in [-0.2, 0) is 9.05 Å². The van der Waals surface area contributed by atoms with E-state index >= 15 is 0 Å². The molecule has 82 valence electrons. The van der Waals surface area contributed by atoms with Crippen molar-refractivity contribution in [2.75, 3.05) is 13.2 Å². The van der Waals surface area contributed by atoms with Crippen molar-refractivity contribution in [3.63, 3.8) is 0 Å². The third-order valence-electron chi connectivity index (χ3n) is 3.74. The van der Waals surface area contributed by atoms with Gasteiger partial charge in [0.2, 0.25) is 0 Å². The zero-order valence-electron chi connectivity index (χ0n) is 9.51. The van der Waals surface area contributed by atoms with E-state index in [0.717, 1.165) is 13.2 Å². The molecule has 3 saturated carbocycles. The maximum Gasteiger partial charge on any atom is 0.177 e. The van der Waals surface area contributed by atoms with Gasteiger partial charge in [0.1, 0.15) is 0 Å². The van der Waals surface area contributed by atoms with Crippen LogP contribution < -0.4 is 0 Å². The predicted molar refractivity (Wildman–Crippen MR) is 59.5 cm³/mol. The van der Waals surface area contributed by atoms with Gasteiger partial charge in [-0.25, -0.2) is 0 Å². The minimum atomic E-state index is -0.589. The number of hydrogen-bond donors (Lipinski definition) is 0. The topological polar surface area (TPSA) is 18.5 Å². The molecule has 0 aromatic rings. The van der Waals surface area contributed by atoms with Gasteiger partial charge in [-0.05, 0) is 38.5 Å². The normalized spacial score (nSPS) is 39.4. The maximum atomic E-state index is 5.76. The lowest BCUT2D eigenvalue weighted by atomic mass is 9.43. The summed E-state index contributed by atoms with van der Waals surface area (Å²) in [7, 11) is -0.589. The van der Waals surface area contributed by atoms with E-state index in [1.165, 1.54) is 25.7 Å². The van der Waals surface area contributed by atoms with E-state index in [2.05, 4.69) is 20.8 Å². The third kappa shape index (κ3) is 1.43. The lowest BCUT2D eigenvalue weighted by Gasteiger charge is -2.71. The standard InChI is InChI=1S/C11H21O2P/c1-4-10-7-11(8-10,9-10)14(12-5-2)13-6-3/h4-9H2,1-3H3. The molecule has 3 rings (SSSR count). The SMILES string of the molecule is CCOP(OCC)C12CC(CC)(C1)C2. The highest BCUT2D eigenvalue weighted by atomic mass is 31.2. The zero-order valence-corrected chi connectivity index (χ0v) is 10.4. The molecule has 14 heavy (non-hydrogen) atoms. The van der Waals surface area contributed by atoms with Gasteiger partial charge in [-0.15, -0.1) is 0 Å². The van der Waals surface area contributed by atoms with Crippen LogP contribution in [-0.4, -0.2) is 18.4 Å². The third-order valence-corrected chi connectivity index (χ3v) is 5.98. The Morgan fingerprint density at radius 2 is 1.50 bits per heavy atom. The van der Waals surface area contributed by atoms with Gasteiger partial charge in [0.05, 0.1) is 13.2 Å². The van der Waals surface area contributed by atoms with E-state index in [1.807, 2.05) is 0 Å². The van der Waals surface area contributed by atoms with E-state index < -0.39 is 8.38 Å². The number of rotatable bonds is 6. The summed E-state index contributed by atoms with van der Waals surface area (Å²) in [5, 5.41) is 0.470. The lowest BCUT2D eigenvalue weighted by Crippen LogP contribution is -2.65. The fraction of sp³-hybridized carbons (Fsp3) is 1.00. The van der Waals surface area contributed by atoms with Gasteiger partial charge < -0.3 is 9.05 Å². The molecule has 0 N–H and O–H groups in total. The Hall–Kier alpha value is 0.350. The van der Waals surface area contributed by atoms with Crippen LogP contribution in [0.1, 0.15) is 46.5 Å². The first-order valence-electron chi connectivity index (χ1n) is 5.76. The summed E-state index contributed by atoms with van der Waals surface area (Å²) < 4.78 is 11.5. The molecule has 3 aliphatic carbocycles. The van der Waals surface area contributed by atoms with Crippen LogP contribution in [0.4, 0.5) is 0 Å². The first-order valence-corrected chi connectivity index (χ1v) is 6.94. The largest absolute Gasteiger partial charge is 0.334 e. The van der Waals surface area contributed by atoms with Gasteiger partial charge in [0.15, 0.2) is 8.38 Å². The van der Waals surface area contributed by atoms with Crippen LogP contribution in [0.2, 0.25) is 0 Å². The molecule has 0 atom stereocenters. The van der Waals surface area contributed by atoms with E-state index in [1.54, 1.807) is 0 Å². The van der Waals surface area contributed by atoms with Crippen molar-refractivity contribution in [3.05, 3.63) is 0 Å². The summed E-state index contributed by atoms with van der Waals surface area (Å²) in [4.78, 5) is 0. The van der Waals surface area contributed by atoms with E-state index in [0.29, 0.717) is 10.6 Å². The van der Waals surface area contributed by atoms with E-state index in [9.17, 15) is 0 Å². The van der Waals surface area contributed by atoms with E-state index in [-0.39, 0.29) is 0 Å². The lowest BCUT2D eigenvalue weighted by molar-refractivity contribution is -0.0936. The van der Waals surface area contributed by atoms with Crippen molar-refractivity contribution in [3.8, 4) is 0 Å². The molecule has 0 aliphatic heterocycles. The van der Waals surface area contributed by atoms with Crippen molar-refractivity contribution < 1.29 is 9.05 Å². The Morgan fingerprint density at radius 1 is 1.00 bits per heavy atom. The molecule has 0 spiro atoms. The minimum absolute atomic E-state index is 0.470. The van der Waals surface area contributed by atoms with Crippen molar-refractivity contribution >= 4 is 8.38 Å². The smallest absolute Gasteiger partial charge is 0.177 e. The quantitative estimate of drug-likeness (QED) is 0.630. The first kappa shape index (κ1) is 10.9. The highest BCUT2D eigenvalue weighted by Crippen LogP contribution is 2.81. The van der Waals surface area contributed by atoms with Gasteiger partial charge in [-0.2, -0.15) is 0 Å². The average Bonchev–Trinajstić information content (AvgIpc) is 2.01. The second-order valence-electron chi connectivity index (χ2n) is 4.70. The van der Waals surface area contributed by atoms with Gasteiger partial charge in [0, 0.05) is 5.16 Å². The van der Waals surface area contributed by atoms with Crippen LogP contribution >= 0.6 is 8.38 Å². The second-order valence-corrected chi connectivity index (χ2v) is 6.68. The molecular weight excluding hydrogens is 195 g/mol. The van der Waals surface area contributed by atoms with Gasteiger partial charge >= 0.3 is 0 Å². The van der Waals surface area contributed by atoms with Crippen molar-refractivity contribution in [1.29, 1.82) is 0 Å². The summed E-state index contributed by atoms with van der Waals surface area (Å²) in [5.41, 5.74) is 0.703. The summed E-state index contributed by atoms with van der Waals surface area (Å²) >= 11 is 0. The summed E-state index contributed by atoms with van der Waals surface area (Å²) in [6.07, 6.45) is 5.43. The summed E-state index contributed by atoms with van der Waals surface area (Å²) in [6.45, 7) is 8.04. The fourth-order valence-electron chi connectivity index (χ4n) is 3.05. The Balaban J connectivity index is 1.89. The van der Waals surface area contributed by atoms with Crippen LogP contribution in [0.5, 0.6) is 0 Å². The predicted octanol–water partition coefficient (Wildman–Crippen LogP) is 3.70. The van der Waals surface area contributed by atoms with Crippen LogP contribution in [0.15, 0.2) is 0 Å². The molecule has 3 heteroatoms. The Kier molecular flexibility index (Phi) is 2.90. The van der Waals surface area contributed by atoms with E-state index in [4.69, 9.17) is 9.05 Å². The molecular formula is C11H21O2P. The molecule has 0 saturated heterocycles. The van der Waals surface area contributed by atoms with Crippen LogP contribution in [0.3, 0.4) is 0 Å². The zero-order chi connectivity index (χ0) is 10.2. The molecule has 2 bridgehead atoms. The monoisotopic (exact) mass is 216 g/mol. The molecule has 3 fully saturated rings. The van der Waals surface area contributed by atoms with Crippen molar-refractivity contribution in [1.82, 2.24) is 0 Å². The van der Waals surface area contributed by atoms with Crippen LogP contribution in [0, 0.1) is 5.41 Å². The Labute approximate surface area is 88.3 Å². The second kappa shape index (κ2) is 3.73. The fourth-order valence-corrected chi connectivity index (χ4v) is 5.54. The molecule has 0 aromatic heterocycles. The van der Waals surface area contributed by atoms with Gasteiger partial charge in [0.25, 0.3) is 0 Å². The van der Waals surface area contributed by atoms with Gasteiger partial charge in [-0.1, -0.05) is 13.3 Å².